The number of anilines is 3. The average molecular weight is 409 g/mol. The number of thiazole rings is 1. The largest absolute Gasteiger partial charge is 0.373 e. The summed E-state index contributed by atoms with van der Waals surface area (Å²) < 4.78 is 0. The van der Waals surface area contributed by atoms with Crippen molar-refractivity contribution in [1.29, 1.82) is 0 Å². The minimum Gasteiger partial charge on any atom is -0.373 e. The molecule has 2 amide bonds. The number of nitrogens with zero attached hydrogens (tertiary/aromatic N) is 5. The van der Waals surface area contributed by atoms with Gasteiger partial charge >= 0.3 is 6.03 Å². The molecule has 4 rings (SSSR count). The Hall–Kier alpha value is -2.97. The molecule has 150 valence electrons. The van der Waals surface area contributed by atoms with Gasteiger partial charge in [-0.3, -0.25) is 9.88 Å². The Balaban J connectivity index is 1.55. The number of aromatic nitrogens is 2. The van der Waals surface area contributed by atoms with Crippen molar-refractivity contribution in [3.63, 3.8) is 0 Å². The van der Waals surface area contributed by atoms with E-state index in [9.17, 15) is 4.79 Å². The molecular formula is C21H24N6OS. The lowest BCUT2D eigenvalue weighted by Crippen LogP contribution is -2.38. The molecule has 0 spiro atoms. The van der Waals surface area contributed by atoms with E-state index in [0.717, 1.165) is 41.3 Å². The van der Waals surface area contributed by atoms with Gasteiger partial charge in [0.15, 0.2) is 5.13 Å². The summed E-state index contributed by atoms with van der Waals surface area (Å²) in [7, 11) is 6.23. The first-order chi connectivity index (χ1) is 14.0. The highest BCUT2D eigenvalue weighted by molar-refractivity contribution is 7.14. The number of amides is 2. The Morgan fingerprint density at radius 1 is 1.14 bits per heavy atom. The van der Waals surface area contributed by atoms with E-state index >= 15 is 0 Å². The van der Waals surface area contributed by atoms with Crippen LogP contribution in [0.3, 0.4) is 0 Å². The first-order valence-electron chi connectivity index (χ1n) is 9.44. The van der Waals surface area contributed by atoms with Gasteiger partial charge in [0.1, 0.15) is 0 Å². The third kappa shape index (κ3) is 4.23. The maximum Gasteiger partial charge on any atom is 0.328 e. The predicted octanol–water partition coefficient (Wildman–Crippen LogP) is 3.76. The van der Waals surface area contributed by atoms with E-state index in [-0.39, 0.29) is 6.03 Å². The molecule has 1 aliphatic heterocycles. The van der Waals surface area contributed by atoms with Crippen LogP contribution in [0.4, 0.5) is 21.3 Å². The number of carbonyl (C=O) groups is 1. The van der Waals surface area contributed by atoms with Crippen molar-refractivity contribution >= 4 is 33.9 Å². The van der Waals surface area contributed by atoms with Crippen LogP contribution in [0, 0.1) is 0 Å². The van der Waals surface area contributed by atoms with Gasteiger partial charge in [0.25, 0.3) is 0 Å². The lowest BCUT2D eigenvalue weighted by Gasteiger charge is -2.29. The van der Waals surface area contributed by atoms with Crippen LogP contribution < -0.4 is 15.1 Å². The molecule has 0 atom stereocenters. The van der Waals surface area contributed by atoms with Crippen molar-refractivity contribution < 1.29 is 4.79 Å². The third-order valence-corrected chi connectivity index (χ3v) is 5.79. The van der Waals surface area contributed by atoms with Gasteiger partial charge in [0.2, 0.25) is 0 Å². The maximum atomic E-state index is 12.7. The van der Waals surface area contributed by atoms with Crippen molar-refractivity contribution in [2.45, 2.75) is 6.54 Å². The van der Waals surface area contributed by atoms with Crippen molar-refractivity contribution in [1.82, 2.24) is 14.9 Å². The van der Waals surface area contributed by atoms with Crippen LogP contribution in [-0.2, 0) is 6.54 Å². The predicted molar refractivity (Wildman–Crippen MR) is 119 cm³/mol. The highest BCUT2D eigenvalue weighted by Gasteiger charge is 2.26. The average Bonchev–Trinajstić information content (AvgIpc) is 3.22. The van der Waals surface area contributed by atoms with Gasteiger partial charge in [-0.05, 0) is 50.0 Å². The highest BCUT2D eigenvalue weighted by Crippen LogP contribution is 2.33. The van der Waals surface area contributed by atoms with E-state index in [0.29, 0.717) is 11.7 Å². The lowest BCUT2D eigenvalue weighted by molar-refractivity contribution is 0.256. The molecule has 0 radical (unpaired) electrons. The second-order valence-corrected chi connectivity index (χ2v) is 8.17. The molecule has 0 unspecified atom stereocenters. The van der Waals surface area contributed by atoms with Crippen LogP contribution in [0.25, 0.3) is 11.3 Å². The van der Waals surface area contributed by atoms with E-state index in [4.69, 9.17) is 0 Å². The van der Waals surface area contributed by atoms with Crippen LogP contribution in [0.2, 0.25) is 0 Å². The van der Waals surface area contributed by atoms with Gasteiger partial charge in [0.05, 0.1) is 12.2 Å². The van der Waals surface area contributed by atoms with E-state index in [2.05, 4.69) is 58.4 Å². The van der Waals surface area contributed by atoms with Crippen molar-refractivity contribution in [3.8, 4) is 11.3 Å². The Morgan fingerprint density at radius 2 is 1.93 bits per heavy atom. The third-order valence-electron chi connectivity index (χ3n) is 4.93. The topological polar surface area (TPSA) is 64.6 Å². The molecule has 2 aromatic heterocycles. The number of rotatable bonds is 6. The fraction of sp³-hybridized carbons (Fsp3) is 0.286. The molecular weight excluding hydrogens is 384 g/mol. The summed E-state index contributed by atoms with van der Waals surface area (Å²) in [6.45, 7) is 2.41. The molecule has 0 aliphatic carbocycles. The molecule has 8 heteroatoms. The van der Waals surface area contributed by atoms with Crippen molar-refractivity contribution in [2.24, 2.45) is 0 Å². The number of hydrogen-bond donors (Lipinski definition) is 1. The molecule has 1 N–H and O–H groups in total. The van der Waals surface area contributed by atoms with Crippen molar-refractivity contribution in [2.75, 3.05) is 49.3 Å². The fourth-order valence-electron chi connectivity index (χ4n) is 3.17. The number of nitrogens with one attached hydrogen (secondary N) is 1. The summed E-state index contributed by atoms with van der Waals surface area (Å²) >= 11 is 1.47. The SMILES string of the molecule is CN(C)CCN(C)c1ccc2c(c1)CN(c1nc(-c3ccncc3)cs1)C(=O)N2. The summed E-state index contributed by atoms with van der Waals surface area (Å²) in [5, 5.41) is 5.65. The molecule has 0 fully saturated rings. The molecule has 1 aromatic carbocycles. The second kappa shape index (κ2) is 8.18. The fourth-order valence-corrected chi connectivity index (χ4v) is 4.00. The molecule has 1 aliphatic rings. The van der Waals surface area contributed by atoms with E-state index in [1.807, 2.05) is 23.6 Å². The molecule has 3 heterocycles. The van der Waals surface area contributed by atoms with Gasteiger partial charge in [-0.15, -0.1) is 11.3 Å². The number of benzene rings is 1. The first kappa shape index (κ1) is 19.4. The van der Waals surface area contributed by atoms with Crippen molar-refractivity contribution in [3.05, 3.63) is 53.7 Å². The number of carbonyl (C=O) groups excluding carboxylic acids is 1. The normalized spacial score (nSPS) is 13.4. The van der Waals surface area contributed by atoms with E-state index in [1.54, 1.807) is 17.3 Å². The highest BCUT2D eigenvalue weighted by atomic mass is 32.1. The molecule has 3 aromatic rings. The molecule has 29 heavy (non-hydrogen) atoms. The van der Waals surface area contributed by atoms with Crippen LogP contribution >= 0.6 is 11.3 Å². The summed E-state index contributed by atoms with van der Waals surface area (Å²) in [6.07, 6.45) is 3.49. The van der Waals surface area contributed by atoms with Gasteiger partial charge in [0, 0.05) is 54.8 Å². The van der Waals surface area contributed by atoms with E-state index < -0.39 is 0 Å². The minimum absolute atomic E-state index is 0.151. The summed E-state index contributed by atoms with van der Waals surface area (Å²) in [5.74, 6) is 0. The van der Waals surface area contributed by atoms with Gasteiger partial charge in [-0.2, -0.15) is 0 Å². The monoisotopic (exact) mass is 408 g/mol. The lowest BCUT2D eigenvalue weighted by atomic mass is 10.1. The van der Waals surface area contributed by atoms with Crippen LogP contribution in [0.15, 0.2) is 48.1 Å². The number of urea groups is 1. The Bertz CT molecular complexity index is 1000. The number of fused-ring (bicyclic) bond motifs is 1. The second-order valence-electron chi connectivity index (χ2n) is 7.33. The number of likely N-dealkylation sites (N-methyl/N-ethyl adjacent to an activating group) is 2. The minimum atomic E-state index is -0.151. The van der Waals surface area contributed by atoms with Crippen LogP contribution in [-0.4, -0.2) is 55.1 Å². The molecule has 0 saturated carbocycles. The van der Waals surface area contributed by atoms with Gasteiger partial charge < -0.3 is 15.1 Å². The van der Waals surface area contributed by atoms with Crippen LogP contribution in [0.5, 0.6) is 0 Å². The standard InChI is InChI=1S/C21H24N6OS/c1-25(2)10-11-26(3)17-4-5-18-16(12-17)13-27(20(28)23-18)21-24-19(14-29-21)15-6-8-22-9-7-15/h4-9,12,14H,10-11,13H2,1-3H3,(H,23,28). The van der Waals surface area contributed by atoms with E-state index in [1.165, 1.54) is 11.3 Å². The Kier molecular flexibility index (Phi) is 5.46. The van der Waals surface area contributed by atoms with Crippen LogP contribution in [0.1, 0.15) is 5.56 Å². The molecule has 0 bridgehead atoms. The Labute approximate surface area is 174 Å². The quantitative estimate of drug-likeness (QED) is 0.673. The zero-order valence-corrected chi connectivity index (χ0v) is 17.6. The zero-order valence-electron chi connectivity index (χ0n) is 16.8. The summed E-state index contributed by atoms with van der Waals surface area (Å²) in [4.78, 5) is 27.5. The summed E-state index contributed by atoms with van der Waals surface area (Å²) in [5.41, 5.74) is 4.92. The Morgan fingerprint density at radius 3 is 2.69 bits per heavy atom. The molecule has 7 nitrogen and oxygen atoms in total. The maximum absolute atomic E-state index is 12.7. The summed E-state index contributed by atoms with van der Waals surface area (Å²) in [6, 6.07) is 9.86. The number of hydrogen-bond acceptors (Lipinski definition) is 6. The smallest absolute Gasteiger partial charge is 0.328 e. The molecule has 0 saturated heterocycles. The van der Waals surface area contributed by atoms with Gasteiger partial charge in [-0.25, -0.2) is 9.78 Å². The zero-order chi connectivity index (χ0) is 20.4. The number of pyridine rings is 1. The first-order valence-corrected chi connectivity index (χ1v) is 10.3. The van der Waals surface area contributed by atoms with Gasteiger partial charge in [-0.1, -0.05) is 0 Å².